The second kappa shape index (κ2) is 4.82. The molecule has 1 heterocycles. The first-order valence-corrected chi connectivity index (χ1v) is 5.95. The van der Waals surface area contributed by atoms with Crippen molar-refractivity contribution in [3.8, 4) is 0 Å². The highest BCUT2D eigenvalue weighted by Crippen LogP contribution is 2.18. The molecule has 90 valence electrons. The molecule has 0 radical (unpaired) electrons. The molecule has 0 spiro atoms. The number of rotatable bonds is 5. The van der Waals surface area contributed by atoms with Gasteiger partial charge in [0.25, 0.3) is 0 Å². The predicted molar refractivity (Wildman–Crippen MR) is 59.7 cm³/mol. The molecule has 0 aromatic carbocycles. The monoisotopic (exact) mass is 225 g/mol. The highest BCUT2D eigenvalue weighted by molar-refractivity contribution is 5.87. The molecule has 2 fully saturated rings. The van der Waals surface area contributed by atoms with E-state index in [9.17, 15) is 9.59 Å². The normalized spacial score (nSPS) is 22.1. The third-order valence-corrected chi connectivity index (χ3v) is 3.03. The number of hydrogen-bond acceptors (Lipinski definition) is 3. The topological polar surface area (TPSA) is 70.2 Å². The van der Waals surface area contributed by atoms with Crippen LogP contribution in [0.3, 0.4) is 0 Å². The maximum atomic E-state index is 11.6. The van der Waals surface area contributed by atoms with Gasteiger partial charge in [0.05, 0.1) is 0 Å². The van der Waals surface area contributed by atoms with Gasteiger partial charge in [-0.3, -0.25) is 9.59 Å². The van der Waals surface area contributed by atoms with Gasteiger partial charge >= 0.3 is 0 Å². The van der Waals surface area contributed by atoms with Gasteiger partial charge in [-0.05, 0) is 38.8 Å². The Balaban J connectivity index is 1.65. The zero-order valence-electron chi connectivity index (χ0n) is 9.58. The first kappa shape index (κ1) is 11.4. The molecule has 2 amide bonds. The average Bonchev–Trinajstić information content (AvgIpc) is 2.95. The van der Waals surface area contributed by atoms with Gasteiger partial charge < -0.3 is 16.0 Å². The maximum Gasteiger partial charge on any atom is 0.242 e. The summed E-state index contributed by atoms with van der Waals surface area (Å²) in [5, 5.41) is 8.73. The summed E-state index contributed by atoms with van der Waals surface area (Å²) >= 11 is 0. The van der Waals surface area contributed by atoms with Crippen LogP contribution in [-0.4, -0.2) is 37.0 Å². The minimum Gasteiger partial charge on any atom is -0.352 e. The Morgan fingerprint density at radius 2 is 2.06 bits per heavy atom. The number of amides is 2. The van der Waals surface area contributed by atoms with Crippen molar-refractivity contribution in [1.82, 2.24) is 16.0 Å². The van der Waals surface area contributed by atoms with Crippen molar-refractivity contribution in [3.63, 3.8) is 0 Å². The van der Waals surface area contributed by atoms with Crippen LogP contribution in [0.5, 0.6) is 0 Å². The molecule has 1 saturated heterocycles. The lowest BCUT2D eigenvalue weighted by molar-refractivity contribution is -0.129. The van der Waals surface area contributed by atoms with Crippen LogP contribution in [0.1, 0.15) is 26.2 Å². The van der Waals surface area contributed by atoms with E-state index < -0.39 is 6.04 Å². The van der Waals surface area contributed by atoms with Gasteiger partial charge in [-0.25, -0.2) is 0 Å². The van der Waals surface area contributed by atoms with Crippen LogP contribution >= 0.6 is 0 Å². The molecule has 5 heteroatoms. The van der Waals surface area contributed by atoms with E-state index in [1.54, 1.807) is 6.92 Å². The van der Waals surface area contributed by atoms with E-state index in [0.29, 0.717) is 18.4 Å². The van der Waals surface area contributed by atoms with Crippen LogP contribution in [0.2, 0.25) is 0 Å². The van der Waals surface area contributed by atoms with Crippen molar-refractivity contribution in [2.24, 2.45) is 5.92 Å². The molecule has 0 aromatic heterocycles. The maximum absolute atomic E-state index is 11.6. The summed E-state index contributed by atoms with van der Waals surface area (Å²) in [6.07, 6.45) is 2.66. The summed E-state index contributed by atoms with van der Waals surface area (Å²) < 4.78 is 0. The Bertz CT molecular complexity index is 285. The quantitative estimate of drug-likeness (QED) is 0.584. The lowest BCUT2D eigenvalue weighted by Gasteiger charge is -2.26. The fourth-order valence-corrected chi connectivity index (χ4v) is 1.67. The van der Waals surface area contributed by atoms with E-state index in [2.05, 4.69) is 16.0 Å². The van der Waals surface area contributed by atoms with Crippen molar-refractivity contribution < 1.29 is 9.59 Å². The Morgan fingerprint density at radius 3 is 2.56 bits per heavy atom. The van der Waals surface area contributed by atoms with Gasteiger partial charge in [0.2, 0.25) is 11.8 Å². The van der Waals surface area contributed by atoms with Crippen molar-refractivity contribution in [1.29, 1.82) is 0 Å². The Kier molecular flexibility index (Phi) is 3.43. The molecule has 2 aliphatic rings. The molecule has 3 N–H and O–H groups in total. The lowest BCUT2D eigenvalue weighted by Crippen LogP contribution is -2.48. The number of carbonyl (C=O) groups is 2. The lowest BCUT2D eigenvalue weighted by atomic mass is 9.99. The molecule has 1 unspecified atom stereocenters. The minimum absolute atomic E-state index is 0.0232. The molecule has 1 atom stereocenters. The van der Waals surface area contributed by atoms with E-state index in [1.165, 1.54) is 0 Å². The van der Waals surface area contributed by atoms with Gasteiger partial charge in [0.15, 0.2) is 0 Å². The zero-order valence-corrected chi connectivity index (χ0v) is 9.58. The van der Waals surface area contributed by atoms with Crippen LogP contribution in [-0.2, 0) is 9.59 Å². The first-order chi connectivity index (χ1) is 7.65. The SMILES string of the molecule is CC(NC(=O)CC1CNC1)C(=O)NC1CC1. The average molecular weight is 225 g/mol. The Labute approximate surface area is 95.3 Å². The second-order valence-electron chi connectivity index (χ2n) is 4.80. The van der Waals surface area contributed by atoms with Gasteiger partial charge in [-0.15, -0.1) is 0 Å². The van der Waals surface area contributed by atoms with E-state index in [0.717, 1.165) is 25.9 Å². The Hall–Kier alpha value is -1.10. The smallest absolute Gasteiger partial charge is 0.242 e. The van der Waals surface area contributed by atoms with Crippen molar-refractivity contribution in [2.45, 2.75) is 38.3 Å². The summed E-state index contributed by atoms with van der Waals surface area (Å²) in [5.41, 5.74) is 0. The van der Waals surface area contributed by atoms with E-state index >= 15 is 0 Å². The van der Waals surface area contributed by atoms with Crippen molar-refractivity contribution >= 4 is 11.8 Å². The zero-order chi connectivity index (χ0) is 11.5. The number of nitrogens with one attached hydrogen (secondary N) is 3. The Morgan fingerprint density at radius 1 is 1.38 bits per heavy atom. The minimum atomic E-state index is -0.416. The molecule has 2 rings (SSSR count). The third-order valence-electron chi connectivity index (χ3n) is 3.03. The van der Waals surface area contributed by atoms with Gasteiger partial charge in [0, 0.05) is 12.5 Å². The van der Waals surface area contributed by atoms with Crippen LogP contribution in [0.4, 0.5) is 0 Å². The van der Waals surface area contributed by atoms with Gasteiger partial charge in [0.1, 0.15) is 6.04 Å². The second-order valence-corrected chi connectivity index (χ2v) is 4.80. The third kappa shape index (κ3) is 3.20. The summed E-state index contributed by atoms with van der Waals surface area (Å²) in [6, 6.07) is -0.0659. The summed E-state index contributed by atoms with van der Waals surface area (Å²) in [4.78, 5) is 23.1. The van der Waals surface area contributed by atoms with Crippen LogP contribution < -0.4 is 16.0 Å². The fourth-order valence-electron chi connectivity index (χ4n) is 1.67. The highest BCUT2D eigenvalue weighted by Gasteiger charge is 2.27. The highest BCUT2D eigenvalue weighted by atomic mass is 16.2. The molecule has 0 bridgehead atoms. The van der Waals surface area contributed by atoms with Crippen molar-refractivity contribution in [2.75, 3.05) is 13.1 Å². The molecule has 0 aromatic rings. The molecule has 1 saturated carbocycles. The van der Waals surface area contributed by atoms with E-state index in [1.807, 2.05) is 0 Å². The summed E-state index contributed by atoms with van der Waals surface area (Å²) in [5.74, 6) is 0.353. The summed E-state index contributed by atoms with van der Waals surface area (Å²) in [6.45, 7) is 3.56. The van der Waals surface area contributed by atoms with E-state index in [4.69, 9.17) is 0 Å². The van der Waals surface area contributed by atoms with E-state index in [-0.39, 0.29) is 11.8 Å². The molecule has 16 heavy (non-hydrogen) atoms. The van der Waals surface area contributed by atoms with Crippen LogP contribution in [0.25, 0.3) is 0 Å². The van der Waals surface area contributed by atoms with Crippen LogP contribution in [0.15, 0.2) is 0 Å². The fraction of sp³-hybridized carbons (Fsp3) is 0.818. The standard InChI is InChI=1S/C11H19N3O2/c1-7(11(16)14-9-2-3-9)13-10(15)4-8-5-12-6-8/h7-9,12H,2-6H2,1H3,(H,13,15)(H,14,16). The van der Waals surface area contributed by atoms with Gasteiger partial charge in [-0.2, -0.15) is 0 Å². The molecule has 1 aliphatic carbocycles. The van der Waals surface area contributed by atoms with Crippen LogP contribution in [0, 0.1) is 5.92 Å². The molecule has 5 nitrogen and oxygen atoms in total. The number of hydrogen-bond donors (Lipinski definition) is 3. The summed E-state index contributed by atoms with van der Waals surface area (Å²) in [7, 11) is 0. The molecular formula is C11H19N3O2. The van der Waals surface area contributed by atoms with Gasteiger partial charge in [-0.1, -0.05) is 0 Å². The largest absolute Gasteiger partial charge is 0.352 e. The first-order valence-electron chi connectivity index (χ1n) is 5.95. The molecular weight excluding hydrogens is 206 g/mol. The molecule has 1 aliphatic heterocycles. The van der Waals surface area contributed by atoms with Crippen molar-refractivity contribution in [3.05, 3.63) is 0 Å². The predicted octanol–water partition coefficient (Wildman–Crippen LogP) is -0.621. The number of carbonyl (C=O) groups excluding carboxylic acids is 2.